The normalized spacial score (nSPS) is 23.1. The fourth-order valence-corrected chi connectivity index (χ4v) is 3.85. The second-order valence-corrected chi connectivity index (χ2v) is 7.20. The molecule has 1 aliphatic rings. The van der Waals surface area contributed by atoms with Crippen molar-refractivity contribution in [2.24, 2.45) is 0 Å². The molecule has 4 rings (SSSR count). The molecule has 1 fully saturated rings. The van der Waals surface area contributed by atoms with Gasteiger partial charge >= 0.3 is 0 Å². The highest BCUT2D eigenvalue weighted by Crippen LogP contribution is 2.40. The summed E-state index contributed by atoms with van der Waals surface area (Å²) in [6.07, 6.45) is 3.02. The summed E-state index contributed by atoms with van der Waals surface area (Å²) in [6.45, 7) is 4.00. The maximum Gasteiger partial charge on any atom is 0.207 e. The van der Waals surface area contributed by atoms with Crippen LogP contribution in [-0.2, 0) is 4.74 Å². The molecule has 3 heteroatoms. The van der Waals surface area contributed by atoms with Gasteiger partial charge in [-0.3, -0.25) is 0 Å². The number of fused-ring (bicyclic) bond motifs is 1. The van der Waals surface area contributed by atoms with E-state index in [4.69, 9.17) is 9.47 Å². The maximum absolute atomic E-state index is 15.1. The Kier molecular flexibility index (Phi) is 4.41. The van der Waals surface area contributed by atoms with E-state index < -0.39 is 5.79 Å². The molecule has 2 atom stereocenters. The summed E-state index contributed by atoms with van der Waals surface area (Å²) in [4.78, 5) is 0. The molecule has 0 spiro atoms. The number of rotatable bonds is 3. The Bertz CT molecular complexity index is 922. The standard InChI is InChI=1S/C23H23FO2/c1-16-9-8-14-23(2,25-16)26-21-15-20(24)22(17-10-4-3-5-11-17)19-13-7-6-12-18(19)21/h3-7,10-13,15-16H,8-9,14H2,1-2H3/t16?,23-/m0/s1. The second kappa shape index (κ2) is 6.73. The van der Waals surface area contributed by atoms with Crippen LogP contribution in [0, 0.1) is 5.82 Å². The highest BCUT2D eigenvalue weighted by atomic mass is 19.1. The molecule has 3 aromatic rings. The number of hydrogen-bond acceptors (Lipinski definition) is 2. The monoisotopic (exact) mass is 350 g/mol. The van der Waals surface area contributed by atoms with E-state index in [-0.39, 0.29) is 11.9 Å². The van der Waals surface area contributed by atoms with Crippen molar-refractivity contribution in [3.63, 3.8) is 0 Å². The van der Waals surface area contributed by atoms with Gasteiger partial charge in [-0.05, 0) is 30.7 Å². The Morgan fingerprint density at radius 1 is 1.04 bits per heavy atom. The van der Waals surface area contributed by atoms with Crippen molar-refractivity contribution in [3.05, 3.63) is 66.5 Å². The van der Waals surface area contributed by atoms with Crippen LogP contribution in [-0.4, -0.2) is 11.9 Å². The molecule has 3 aromatic carbocycles. The highest BCUT2D eigenvalue weighted by molar-refractivity contribution is 6.00. The van der Waals surface area contributed by atoms with Crippen LogP contribution in [0.1, 0.15) is 33.1 Å². The average Bonchev–Trinajstić information content (AvgIpc) is 2.62. The van der Waals surface area contributed by atoms with Crippen LogP contribution in [0.4, 0.5) is 4.39 Å². The van der Waals surface area contributed by atoms with E-state index in [0.29, 0.717) is 11.3 Å². The fraction of sp³-hybridized carbons (Fsp3) is 0.304. The predicted octanol–water partition coefficient (Wildman–Crippen LogP) is 6.33. The van der Waals surface area contributed by atoms with Crippen LogP contribution < -0.4 is 4.74 Å². The van der Waals surface area contributed by atoms with Crippen molar-refractivity contribution >= 4 is 10.8 Å². The van der Waals surface area contributed by atoms with Crippen LogP contribution in [0.15, 0.2) is 60.7 Å². The minimum atomic E-state index is -0.721. The zero-order valence-corrected chi connectivity index (χ0v) is 15.2. The molecule has 0 saturated carbocycles. The molecule has 134 valence electrons. The lowest BCUT2D eigenvalue weighted by molar-refractivity contribution is -0.219. The van der Waals surface area contributed by atoms with Gasteiger partial charge in [0.2, 0.25) is 5.79 Å². The zero-order valence-electron chi connectivity index (χ0n) is 15.2. The number of hydrogen-bond donors (Lipinski definition) is 0. The van der Waals surface area contributed by atoms with Crippen LogP contribution in [0.3, 0.4) is 0 Å². The van der Waals surface area contributed by atoms with Crippen LogP contribution in [0.5, 0.6) is 5.75 Å². The molecule has 0 aliphatic carbocycles. The molecular weight excluding hydrogens is 327 g/mol. The third-order valence-electron chi connectivity index (χ3n) is 5.04. The third-order valence-corrected chi connectivity index (χ3v) is 5.04. The molecule has 0 bridgehead atoms. The summed E-state index contributed by atoms with van der Waals surface area (Å²) in [5.41, 5.74) is 1.47. The van der Waals surface area contributed by atoms with Crippen molar-refractivity contribution in [2.45, 2.75) is 45.0 Å². The van der Waals surface area contributed by atoms with Crippen molar-refractivity contribution in [2.75, 3.05) is 0 Å². The third kappa shape index (κ3) is 3.19. The van der Waals surface area contributed by atoms with Crippen molar-refractivity contribution in [1.29, 1.82) is 0 Å². The highest BCUT2D eigenvalue weighted by Gasteiger charge is 2.34. The smallest absolute Gasteiger partial charge is 0.207 e. The molecule has 0 aromatic heterocycles. The molecule has 0 N–H and O–H groups in total. The fourth-order valence-electron chi connectivity index (χ4n) is 3.85. The molecule has 0 amide bonds. The minimum absolute atomic E-state index is 0.147. The van der Waals surface area contributed by atoms with E-state index in [9.17, 15) is 0 Å². The first-order valence-electron chi connectivity index (χ1n) is 9.19. The zero-order chi connectivity index (χ0) is 18.1. The summed E-state index contributed by atoms with van der Waals surface area (Å²) >= 11 is 0. The largest absolute Gasteiger partial charge is 0.462 e. The van der Waals surface area contributed by atoms with Gasteiger partial charge in [-0.15, -0.1) is 0 Å². The van der Waals surface area contributed by atoms with Crippen LogP contribution in [0.25, 0.3) is 21.9 Å². The van der Waals surface area contributed by atoms with Crippen molar-refractivity contribution in [1.82, 2.24) is 0 Å². The van der Waals surface area contributed by atoms with E-state index in [0.717, 1.165) is 35.6 Å². The SMILES string of the molecule is CC1CCC[C@](C)(Oc2cc(F)c(-c3ccccc3)c3ccccc23)O1. The molecule has 0 radical (unpaired) electrons. The molecule has 26 heavy (non-hydrogen) atoms. The van der Waals surface area contributed by atoms with Gasteiger partial charge in [-0.25, -0.2) is 4.39 Å². The van der Waals surface area contributed by atoms with E-state index in [1.54, 1.807) is 0 Å². The minimum Gasteiger partial charge on any atom is -0.462 e. The first-order chi connectivity index (χ1) is 12.6. The van der Waals surface area contributed by atoms with Crippen LogP contribution in [0.2, 0.25) is 0 Å². The lowest BCUT2D eigenvalue weighted by Crippen LogP contribution is -2.42. The maximum atomic E-state index is 15.1. The number of halogens is 1. The summed E-state index contributed by atoms with van der Waals surface area (Å²) in [5.74, 6) is -0.465. The molecule has 1 saturated heterocycles. The Labute approximate surface area is 153 Å². The van der Waals surface area contributed by atoms with E-state index in [2.05, 4.69) is 6.92 Å². The quantitative estimate of drug-likeness (QED) is 0.549. The van der Waals surface area contributed by atoms with Crippen LogP contribution >= 0.6 is 0 Å². The molecule has 1 unspecified atom stereocenters. The Hall–Kier alpha value is -2.39. The van der Waals surface area contributed by atoms with E-state index in [1.165, 1.54) is 6.07 Å². The summed E-state index contributed by atoms with van der Waals surface area (Å²) < 4.78 is 27.4. The first kappa shape index (κ1) is 17.0. The second-order valence-electron chi connectivity index (χ2n) is 7.20. The van der Waals surface area contributed by atoms with Gasteiger partial charge in [0.05, 0.1) is 6.10 Å². The molecular formula is C23H23FO2. The van der Waals surface area contributed by atoms with Crippen molar-refractivity contribution < 1.29 is 13.9 Å². The summed E-state index contributed by atoms with van der Waals surface area (Å²) in [7, 11) is 0. The van der Waals surface area contributed by atoms with Gasteiger partial charge in [0.25, 0.3) is 0 Å². The number of benzene rings is 3. The first-order valence-corrected chi connectivity index (χ1v) is 9.19. The van der Waals surface area contributed by atoms with E-state index in [1.807, 2.05) is 61.5 Å². The molecule has 1 heterocycles. The predicted molar refractivity (Wildman–Crippen MR) is 103 cm³/mol. The van der Waals surface area contributed by atoms with Gasteiger partial charge in [-0.2, -0.15) is 0 Å². The van der Waals surface area contributed by atoms with Gasteiger partial charge < -0.3 is 9.47 Å². The van der Waals surface area contributed by atoms with E-state index >= 15 is 4.39 Å². The summed E-state index contributed by atoms with van der Waals surface area (Å²) in [5, 5.41) is 1.75. The van der Waals surface area contributed by atoms with Gasteiger partial charge in [0.1, 0.15) is 11.6 Å². The average molecular weight is 350 g/mol. The Balaban J connectivity index is 1.83. The lowest BCUT2D eigenvalue weighted by Gasteiger charge is -2.37. The lowest BCUT2D eigenvalue weighted by atomic mass is 9.96. The molecule has 2 nitrogen and oxygen atoms in total. The number of ether oxygens (including phenoxy) is 2. The Morgan fingerprint density at radius 2 is 1.73 bits per heavy atom. The van der Waals surface area contributed by atoms with Crippen molar-refractivity contribution in [3.8, 4) is 16.9 Å². The van der Waals surface area contributed by atoms with Gasteiger partial charge in [0, 0.05) is 30.4 Å². The Morgan fingerprint density at radius 3 is 2.46 bits per heavy atom. The van der Waals surface area contributed by atoms with Gasteiger partial charge in [0.15, 0.2) is 0 Å². The summed E-state index contributed by atoms with van der Waals surface area (Å²) in [6, 6.07) is 18.9. The molecule has 1 aliphatic heterocycles. The van der Waals surface area contributed by atoms with Gasteiger partial charge in [-0.1, -0.05) is 54.6 Å². The topological polar surface area (TPSA) is 18.5 Å².